The van der Waals surface area contributed by atoms with Crippen molar-refractivity contribution in [2.75, 3.05) is 6.54 Å². The number of alkyl halides is 3. The Labute approximate surface area is 79.3 Å². The first kappa shape index (κ1) is 9.76. The molecule has 0 aromatic carbocycles. The lowest BCUT2D eigenvalue weighted by Crippen LogP contribution is -2.58. The number of carbonyl (C=O) groups is 1. The van der Waals surface area contributed by atoms with Crippen LogP contribution in [0.5, 0.6) is 0 Å². The molecule has 0 aliphatic carbocycles. The first-order chi connectivity index (χ1) is 6.39. The van der Waals surface area contributed by atoms with Crippen LogP contribution in [0.15, 0.2) is 0 Å². The van der Waals surface area contributed by atoms with E-state index in [1.807, 2.05) is 0 Å². The average Bonchev–Trinajstić information content (AvgIpc) is 2.58. The number of fused-ring (bicyclic) bond motifs is 2. The summed E-state index contributed by atoms with van der Waals surface area (Å²) in [5.41, 5.74) is 0. The molecule has 2 aliphatic rings. The zero-order valence-corrected chi connectivity index (χ0v) is 7.64. The van der Waals surface area contributed by atoms with Gasteiger partial charge >= 0.3 is 6.18 Å². The number of amides is 1. The summed E-state index contributed by atoms with van der Waals surface area (Å²) in [6.07, 6.45) is -3.84. The molecule has 0 aromatic rings. The van der Waals surface area contributed by atoms with Gasteiger partial charge in [0.25, 0.3) is 0 Å². The maximum absolute atomic E-state index is 12.5. The van der Waals surface area contributed by atoms with Crippen molar-refractivity contribution in [3.63, 3.8) is 0 Å². The van der Waals surface area contributed by atoms with E-state index < -0.39 is 18.3 Å². The molecular formula is C8H11F3N2O. The zero-order chi connectivity index (χ0) is 10.5. The molecule has 2 heterocycles. The molecule has 2 aliphatic heterocycles. The lowest BCUT2D eigenvalue weighted by atomic mass is 10.1. The quantitative estimate of drug-likeness (QED) is 0.629. The highest BCUT2D eigenvalue weighted by Gasteiger charge is 2.56. The van der Waals surface area contributed by atoms with Crippen LogP contribution in [0.2, 0.25) is 0 Å². The van der Waals surface area contributed by atoms with Gasteiger partial charge in [0.05, 0.1) is 6.04 Å². The van der Waals surface area contributed by atoms with Gasteiger partial charge < -0.3 is 4.90 Å². The lowest BCUT2D eigenvalue weighted by Gasteiger charge is -2.34. The first-order valence-electron chi connectivity index (χ1n) is 4.49. The third-order valence-electron chi connectivity index (χ3n) is 2.90. The fraction of sp³-hybridized carbons (Fsp3) is 0.875. The van der Waals surface area contributed by atoms with Crippen molar-refractivity contribution in [2.24, 2.45) is 0 Å². The van der Waals surface area contributed by atoms with Gasteiger partial charge in [-0.3, -0.25) is 10.1 Å². The number of hydrogen-bond donors (Lipinski definition) is 1. The third kappa shape index (κ3) is 1.37. The van der Waals surface area contributed by atoms with Crippen LogP contribution in [0, 0.1) is 0 Å². The fourth-order valence-electron chi connectivity index (χ4n) is 2.34. The van der Waals surface area contributed by atoms with E-state index in [4.69, 9.17) is 0 Å². The fourth-order valence-corrected chi connectivity index (χ4v) is 2.34. The minimum absolute atomic E-state index is 0.185. The minimum Gasteiger partial charge on any atom is -0.336 e. The standard InChI is InChI=1S/C8H11F3N2O/c1-4(14)13-3-5-2-6(13)7(12-5)8(9,10)11/h5-7,12H,2-3H2,1H3. The Kier molecular flexibility index (Phi) is 1.99. The molecule has 3 unspecified atom stereocenters. The van der Waals surface area contributed by atoms with E-state index in [0.717, 1.165) is 0 Å². The topological polar surface area (TPSA) is 32.3 Å². The second-order valence-corrected chi connectivity index (χ2v) is 3.86. The first-order valence-corrected chi connectivity index (χ1v) is 4.49. The van der Waals surface area contributed by atoms with Crippen LogP contribution < -0.4 is 5.32 Å². The molecule has 1 N–H and O–H groups in total. The summed E-state index contributed by atoms with van der Waals surface area (Å²) >= 11 is 0. The van der Waals surface area contributed by atoms with Crippen molar-refractivity contribution < 1.29 is 18.0 Å². The second kappa shape index (κ2) is 2.85. The van der Waals surface area contributed by atoms with Gasteiger partial charge in [-0.05, 0) is 6.42 Å². The zero-order valence-electron chi connectivity index (χ0n) is 7.64. The SMILES string of the molecule is CC(=O)N1CC2CC1C(C(F)(F)F)N2. The van der Waals surface area contributed by atoms with Crippen molar-refractivity contribution in [1.82, 2.24) is 10.2 Å². The van der Waals surface area contributed by atoms with Crippen LogP contribution in [0.1, 0.15) is 13.3 Å². The van der Waals surface area contributed by atoms with E-state index in [2.05, 4.69) is 5.32 Å². The molecule has 2 fully saturated rings. The molecule has 14 heavy (non-hydrogen) atoms. The van der Waals surface area contributed by atoms with Gasteiger partial charge in [-0.25, -0.2) is 0 Å². The molecular weight excluding hydrogens is 197 g/mol. The van der Waals surface area contributed by atoms with Gasteiger partial charge in [0.2, 0.25) is 5.91 Å². The molecule has 3 nitrogen and oxygen atoms in total. The van der Waals surface area contributed by atoms with Crippen LogP contribution in [0.4, 0.5) is 13.2 Å². The maximum Gasteiger partial charge on any atom is 0.405 e. The summed E-state index contributed by atoms with van der Waals surface area (Å²) in [6, 6.07) is -2.42. The molecule has 0 aromatic heterocycles. The number of halogens is 3. The summed E-state index contributed by atoms with van der Waals surface area (Å²) in [6.45, 7) is 1.72. The van der Waals surface area contributed by atoms with E-state index in [9.17, 15) is 18.0 Å². The van der Waals surface area contributed by atoms with E-state index in [0.29, 0.717) is 13.0 Å². The number of nitrogens with zero attached hydrogens (tertiary/aromatic N) is 1. The summed E-state index contributed by atoms with van der Waals surface area (Å²) in [7, 11) is 0. The molecule has 80 valence electrons. The Hall–Kier alpha value is -0.780. The molecule has 2 bridgehead atoms. The molecule has 2 rings (SSSR count). The molecule has 0 saturated carbocycles. The van der Waals surface area contributed by atoms with Crippen molar-refractivity contribution in [2.45, 2.75) is 37.6 Å². The largest absolute Gasteiger partial charge is 0.405 e. The molecule has 3 atom stereocenters. The summed E-state index contributed by atoms with van der Waals surface area (Å²) in [5, 5.41) is 2.50. The molecule has 6 heteroatoms. The monoisotopic (exact) mass is 208 g/mol. The van der Waals surface area contributed by atoms with E-state index in [1.165, 1.54) is 11.8 Å². The average molecular weight is 208 g/mol. The summed E-state index contributed by atoms with van der Waals surface area (Å²) < 4.78 is 37.4. The number of carbonyl (C=O) groups excluding carboxylic acids is 1. The Bertz CT molecular complexity index is 266. The summed E-state index contributed by atoms with van der Waals surface area (Å²) in [5.74, 6) is -0.270. The Morgan fingerprint density at radius 2 is 2.14 bits per heavy atom. The van der Waals surface area contributed by atoms with Crippen molar-refractivity contribution in [1.29, 1.82) is 0 Å². The van der Waals surface area contributed by atoms with Gasteiger partial charge in [-0.2, -0.15) is 13.2 Å². The van der Waals surface area contributed by atoms with Gasteiger partial charge in [-0.15, -0.1) is 0 Å². The minimum atomic E-state index is -4.26. The number of piperazine rings is 1. The molecule has 2 saturated heterocycles. The van der Waals surface area contributed by atoms with Gasteiger partial charge in [0, 0.05) is 19.5 Å². The number of nitrogens with one attached hydrogen (secondary N) is 1. The molecule has 0 spiro atoms. The molecule has 0 radical (unpaired) electrons. The Morgan fingerprint density at radius 1 is 1.50 bits per heavy atom. The smallest absolute Gasteiger partial charge is 0.336 e. The van der Waals surface area contributed by atoms with Crippen molar-refractivity contribution in [3.8, 4) is 0 Å². The van der Waals surface area contributed by atoms with Crippen molar-refractivity contribution >= 4 is 5.91 Å². The van der Waals surface area contributed by atoms with Crippen molar-refractivity contribution in [3.05, 3.63) is 0 Å². The number of rotatable bonds is 0. The number of hydrogen-bond acceptors (Lipinski definition) is 2. The third-order valence-corrected chi connectivity index (χ3v) is 2.90. The van der Waals surface area contributed by atoms with Crippen LogP contribution >= 0.6 is 0 Å². The second-order valence-electron chi connectivity index (χ2n) is 3.86. The van der Waals surface area contributed by atoms with Crippen LogP contribution in [0.3, 0.4) is 0 Å². The van der Waals surface area contributed by atoms with Gasteiger partial charge in [0.15, 0.2) is 0 Å². The highest BCUT2D eigenvalue weighted by atomic mass is 19.4. The normalized spacial score (nSPS) is 36.6. The van der Waals surface area contributed by atoms with Crippen LogP contribution in [0.25, 0.3) is 0 Å². The predicted octanol–water partition coefficient (Wildman–Crippen LogP) is 0.510. The Morgan fingerprint density at radius 3 is 2.57 bits per heavy atom. The summed E-state index contributed by atoms with van der Waals surface area (Å²) in [4.78, 5) is 12.4. The highest BCUT2D eigenvalue weighted by Crippen LogP contribution is 2.36. The van der Waals surface area contributed by atoms with E-state index in [-0.39, 0.29) is 11.9 Å². The number of likely N-dealkylation sites (tertiary alicyclic amines) is 1. The van der Waals surface area contributed by atoms with E-state index in [1.54, 1.807) is 0 Å². The predicted molar refractivity (Wildman–Crippen MR) is 42.6 cm³/mol. The van der Waals surface area contributed by atoms with Gasteiger partial charge in [-0.1, -0.05) is 0 Å². The highest BCUT2D eigenvalue weighted by molar-refractivity contribution is 5.74. The van der Waals surface area contributed by atoms with Crippen LogP contribution in [-0.2, 0) is 4.79 Å². The maximum atomic E-state index is 12.5. The lowest BCUT2D eigenvalue weighted by molar-refractivity contribution is -0.170. The Balaban J connectivity index is 2.16. The van der Waals surface area contributed by atoms with E-state index >= 15 is 0 Å². The van der Waals surface area contributed by atoms with Crippen LogP contribution in [-0.4, -0.2) is 41.7 Å². The molecule has 1 amide bonds. The van der Waals surface area contributed by atoms with Gasteiger partial charge in [0.1, 0.15) is 6.04 Å².